The molecule has 0 bridgehead atoms. The quantitative estimate of drug-likeness (QED) is 0.361. The topological polar surface area (TPSA) is 134 Å². The number of halogens is 1. The number of aromatic nitrogens is 2. The normalized spacial score (nSPS) is 18.2. The van der Waals surface area contributed by atoms with Gasteiger partial charge in [-0.05, 0) is 40.0 Å². The fourth-order valence-electron chi connectivity index (χ4n) is 2.68. The molecule has 1 aliphatic rings. The van der Waals surface area contributed by atoms with Crippen molar-refractivity contribution in [1.29, 1.82) is 0 Å². The lowest BCUT2D eigenvalue weighted by atomic mass is 9.83. The van der Waals surface area contributed by atoms with Gasteiger partial charge in [0.2, 0.25) is 5.82 Å². The fraction of sp³-hybridized carbons (Fsp3) is 0.400. The van der Waals surface area contributed by atoms with E-state index in [1.54, 1.807) is 6.07 Å². The second kappa shape index (κ2) is 7.98. The third kappa shape index (κ3) is 4.40. The first-order chi connectivity index (χ1) is 12.9. The number of nitrogens with one attached hydrogen (secondary N) is 2. The second-order valence-electron chi connectivity index (χ2n) is 5.96. The van der Waals surface area contributed by atoms with Crippen LogP contribution in [0, 0.1) is 5.82 Å². The van der Waals surface area contributed by atoms with Gasteiger partial charge >= 0.3 is 0 Å². The van der Waals surface area contributed by atoms with Gasteiger partial charge in [-0.3, -0.25) is 15.7 Å². The summed E-state index contributed by atoms with van der Waals surface area (Å²) < 4.78 is 33.7. The van der Waals surface area contributed by atoms with Crippen LogP contribution in [0.25, 0.3) is 0 Å². The number of hydrogen-bond donors (Lipinski definition) is 3. The Labute approximate surface area is 154 Å². The van der Waals surface area contributed by atoms with E-state index in [9.17, 15) is 13.8 Å². The Morgan fingerprint density at radius 3 is 3.07 bits per heavy atom. The van der Waals surface area contributed by atoms with Crippen LogP contribution in [-0.2, 0) is 21.0 Å². The van der Waals surface area contributed by atoms with Crippen LogP contribution in [0.2, 0.25) is 0 Å². The first kappa shape index (κ1) is 19.2. The molecule has 2 atom stereocenters. The summed E-state index contributed by atoms with van der Waals surface area (Å²) in [7, 11) is -1.16. The van der Waals surface area contributed by atoms with Crippen molar-refractivity contribution in [1.82, 2.24) is 15.8 Å². The first-order valence-electron chi connectivity index (χ1n) is 7.99. The summed E-state index contributed by atoms with van der Waals surface area (Å²) in [6, 6.07) is 4.21. The van der Waals surface area contributed by atoms with E-state index in [0.29, 0.717) is 6.42 Å². The number of benzene rings is 1. The van der Waals surface area contributed by atoms with E-state index in [2.05, 4.69) is 30.0 Å². The Kier molecular flexibility index (Phi) is 5.68. The predicted molar refractivity (Wildman–Crippen MR) is 95.5 cm³/mol. The molecule has 10 nitrogen and oxygen atoms in total. The number of fused-ring (bicyclic) bond motifs is 1. The molecular formula is C15H19FN6O4S. The third-order valence-corrected chi connectivity index (χ3v) is 5.42. The molecule has 146 valence electrons. The van der Waals surface area contributed by atoms with Gasteiger partial charge in [0, 0.05) is 12.8 Å². The van der Waals surface area contributed by atoms with Crippen molar-refractivity contribution in [2.45, 2.75) is 12.5 Å². The van der Waals surface area contributed by atoms with Crippen molar-refractivity contribution in [3.63, 3.8) is 0 Å². The highest BCUT2D eigenvalue weighted by molar-refractivity contribution is 7.92. The first-order valence-corrected chi connectivity index (χ1v) is 10.1. The zero-order valence-electron chi connectivity index (χ0n) is 14.7. The Bertz CT molecular complexity index is 969. The molecule has 0 fully saturated rings. The molecule has 0 radical (unpaired) electrons. The zero-order chi connectivity index (χ0) is 19.4. The van der Waals surface area contributed by atoms with Gasteiger partial charge in [0.25, 0.3) is 0 Å². The largest absolute Gasteiger partial charge is 0.364 e. The Balaban J connectivity index is 1.73. The van der Waals surface area contributed by atoms with Crippen LogP contribution in [0.4, 0.5) is 10.2 Å². The highest BCUT2D eigenvalue weighted by Gasteiger charge is 2.28. The van der Waals surface area contributed by atoms with E-state index in [1.165, 1.54) is 25.5 Å². The third-order valence-electron chi connectivity index (χ3n) is 3.99. The lowest BCUT2D eigenvalue weighted by Crippen LogP contribution is -2.26. The maximum atomic E-state index is 13.4. The second-order valence-corrected chi connectivity index (χ2v) is 8.44. The van der Waals surface area contributed by atoms with E-state index in [-0.39, 0.29) is 41.5 Å². The van der Waals surface area contributed by atoms with Crippen LogP contribution in [0.3, 0.4) is 0 Å². The molecule has 0 amide bonds. The van der Waals surface area contributed by atoms with Gasteiger partial charge in [0.1, 0.15) is 5.82 Å². The summed E-state index contributed by atoms with van der Waals surface area (Å²) in [5.74, 6) is 0.0861. The molecule has 1 aromatic heterocycles. The zero-order valence-corrected chi connectivity index (χ0v) is 15.5. The van der Waals surface area contributed by atoms with E-state index >= 15 is 0 Å². The monoisotopic (exact) mass is 398 g/mol. The van der Waals surface area contributed by atoms with Crippen molar-refractivity contribution in [2.75, 3.05) is 31.0 Å². The summed E-state index contributed by atoms with van der Waals surface area (Å²) >= 11 is 0. The average molecular weight is 398 g/mol. The Hall–Kier alpha value is -2.57. The van der Waals surface area contributed by atoms with Crippen molar-refractivity contribution >= 4 is 21.4 Å². The molecule has 3 rings (SSSR count). The standard InChI is InChI=1S/C15H19FN6O4S/c1-25-22-27(2,24)6-5-17-14-13(20-26-21-14)15(19-23)18-12-7-9-3-4-10(16)8-11(9)12/h3-4,8,12,23H,5-7H2,1-2H3,(H,17,21)(H,18,19)/t12?,27-/m1/s1. The molecule has 1 unspecified atom stereocenters. The summed E-state index contributed by atoms with van der Waals surface area (Å²) in [4.78, 5) is 8.92. The van der Waals surface area contributed by atoms with Gasteiger partial charge in [0.05, 0.1) is 28.6 Å². The van der Waals surface area contributed by atoms with Crippen molar-refractivity contribution in [3.8, 4) is 0 Å². The number of rotatable bonds is 7. The van der Waals surface area contributed by atoms with Crippen LogP contribution in [0.1, 0.15) is 22.9 Å². The maximum Gasteiger partial charge on any atom is 0.202 e. The minimum atomic E-state index is -2.49. The molecule has 3 N–H and O–H groups in total. The number of aliphatic imine (C=N–C) groups is 1. The molecule has 2 aromatic rings. The Morgan fingerprint density at radius 2 is 2.33 bits per heavy atom. The van der Waals surface area contributed by atoms with Crippen LogP contribution in [-0.4, -0.2) is 51.2 Å². The highest BCUT2D eigenvalue weighted by Crippen LogP contribution is 2.36. The lowest BCUT2D eigenvalue weighted by molar-refractivity contribution is 0.218. The van der Waals surface area contributed by atoms with Crippen molar-refractivity contribution in [2.24, 2.45) is 9.52 Å². The summed E-state index contributed by atoms with van der Waals surface area (Å²) in [5, 5.41) is 19.8. The van der Waals surface area contributed by atoms with E-state index in [1.807, 2.05) is 5.48 Å². The van der Waals surface area contributed by atoms with Gasteiger partial charge < -0.3 is 5.32 Å². The van der Waals surface area contributed by atoms with Crippen LogP contribution < -0.4 is 10.8 Å². The average Bonchev–Trinajstić information content (AvgIpc) is 3.06. The van der Waals surface area contributed by atoms with Crippen LogP contribution in [0.5, 0.6) is 0 Å². The van der Waals surface area contributed by atoms with Gasteiger partial charge in [-0.15, -0.1) is 0 Å². The van der Waals surface area contributed by atoms with Gasteiger partial charge in [-0.2, -0.15) is 0 Å². The number of nitrogens with zero attached hydrogens (tertiary/aromatic N) is 4. The molecule has 0 aliphatic heterocycles. The van der Waals surface area contributed by atoms with Gasteiger partial charge in [-0.25, -0.2) is 18.1 Å². The molecule has 12 heteroatoms. The molecule has 27 heavy (non-hydrogen) atoms. The number of anilines is 1. The lowest BCUT2D eigenvalue weighted by Gasteiger charge is -2.27. The van der Waals surface area contributed by atoms with Gasteiger partial charge in [0.15, 0.2) is 11.5 Å². The fourth-order valence-corrected chi connectivity index (χ4v) is 3.55. The Morgan fingerprint density at radius 1 is 1.52 bits per heavy atom. The SMILES string of the molecule is CON=[S@](C)(=O)CCNc1nonc1C(=NC1Cc2ccc(F)cc21)NO. The molecule has 0 saturated heterocycles. The molecule has 1 heterocycles. The van der Waals surface area contributed by atoms with E-state index in [0.717, 1.165) is 11.1 Å². The van der Waals surface area contributed by atoms with Crippen molar-refractivity contribution in [3.05, 3.63) is 40.8 Å². The van der Waals surface area contributed by atoms with Crippen molar-refractivity contribution < 1.29 is 23.3 Å². The predicted octanol–water partition coefficient (Wildman–Crippen LogP) is 1.30. The van der Waals surface area contributed by atoms with Gasteiger partial charge in [-0.1, -0.05) is 10.6 Å². The summed E-state index contributed by atoms with van der Waals surface area (Å²) in [5.41, 5.74) is 3.87. The maximum absolute atomic E-state index is 13.4. The van der Waals surface area contributed by atoms with Crippen LogP contribution in [0.15, 0.2) is 32.3 Å². The van der Waals surface area contributed by atoms with Crippen LogP contribution >= 0.6 is 0 Å². The molecule has 1 aromatic carbocycles. The molecule has 1 aliphatic carbocycles. The minimum Gasteiger partial charge on any atom is -0.364 e. The van der Waals surface area contributed by atoms with E-state index in [4.69, 9.17) is 4.63 Å². The smallest absolute Gasteiger partial charge is 0.202 e. The molecule has 0 saturated carbocycles. The number of hydroxylamine groups is 1. The molecular weight excluding hydrogens is 379 g/mol. The minimum absolute atomic E-state index is 0.0254. The van der Waals surface area contributed by atoms with E-state index < -0.39 is 9.73 Å². The number of amidine groups is 1. The number of hydrogen-bond acceptors (Lipinski definition) is 9. The highest BCUT2D eigenvalue weighted by atomic mass is 32.2. The summed E-state index contributed by atoms with van der Waals surface area (Å²) in [6.45, 7) is 0.250. The molecule has 0 spiro atoms. The summed E-state index contributed by atoms with van der Waals surface area (Å²) in [6.07, 6.45) is 2.08.